The number of halogens is 1. The lowest BCUT2D eigenvalue weighted by atomic mass is 9.98. The van der Waals surface area contributed by atoms with Gasteiger partial charge in [-0.1, -0.05) is 72.3 Å². The minimum Gasteiger partial charge on any atom is -0.448 e. The van der Waals surface area contributed by atoms with Crippen LogP contribution in [0.5, 0.6) is 0 Å². The highest BCUT2D eigenvalue weighted by molar-refractivity contribution is 6.30. The number of carbonyl (C=O) groups excluding carboxylic acids is 2. The van der Waals surface area contributed by atoms with Gasteiger partial charge in [-0.05, 0) is 52.8 Å². The number of carbonyl (C=O) groups is 2. The molecule has 1 aliphatic heterocycles. The fourth-order valence-corrected chi connectivity index (χ4v) is 4.97. The van der Waals surface area contributed by atoms with Crippen molar-refractivity contribution in [3.63, 3.8) is 0 Å². The lowest BCUT2D eigenvalue weighted by Crippen LogP contribution is -2.46. The van der Waals surface area contributed by atoms with E-state index in [1.807, 2.05) is 36.4 Å². The van der Waals surface area contributed by atoms with Gasteiger partial charge in [0.2, 0.25) is 5.91 Å². The molecule has 2 aliphatic rings. The molecule has 1 N–H and O–H groups in total. The zero-order valence-electron chi connectivity index (χ0n) is 18.2. The first-order chi connectivity index (χ1) is 16.1. The van der Waals surface area contributed by atoms with Crippen LogP contribution in [0.1, 0.15) is 35.4 Å². The third-order valence-electron chi connectivity index (χ3n) is 6.51. The van der Waals surface area contributed by atoms with Gasteiger partial charge in [0.25, 0.3) is 0 Å². The highest BCUT2D eigenvalue weighted by Crippen LogP contribution is 2.44. The summed E-state index contributed by atoms with van der Waals surface area (Å²) >= 11 is 5.92. The topological polar surface area (TPSA) is 58.6 Å². The molecule has 0 radical (unpaired) electrons. The maximum atomic E-state index is 13.0. The van der Waals surface area contributed by atoms with Gasteiger partial charge in [-0.2, -0.15) is 0 Å². The summed E-state index contributed by atoms with van der Waals surface area (Å²) < 4.78 is 5.77. The lowest BCUT2D eigenvalue weighted by Gasteiger charge is -2.24. The molecule has 6 heteroatoms. The molecule has 1 saturated heterocycles. The van der Waals surface area contributed by atoms with Crippen LogP contribution in [0.15, 0.2) is 72.8 Å². The van der Waals surface area contributed by atoms with Crippen LogP contribution in [0.3, 0.4) is 0 Å². The van der Waals surface area contributed by atoms with E-state index in [1.165, 1.54) is 22.3 Å². The fraction of sp³-hybridized carbons (Fsp3) is 0.259. The molecular formula is C27H25ClN2O3. The van der Waals surface area contributed by atoms with Crippen LogP contribution in [-0.4, -0.2) is 36.1 Å². The van der Waals surface area contributed by atoms with Crippen LogP contribution in [0.25, 0.3) is 11.1 Å². The van der Waals surface area contributed by atoms with Crippen molar-refractivity contribution in [2.24, 2.45) is 0 Å². The van der Waals surface area contributed by atoms with Crippen molar-refractivity contribution in [1.29, 1.82) is 0 Å². The first-order valence-corrected chi connectivity index (χ1v) is 11.6. The number of likely N-dealkylation sites (tertiary alicyclic amines) is 1. The number of fused-ring (bicyclic) bond motifs is 3. The number of rotatable bonds is 5. The zero-order chi connectivity index (χ0) is 22.8. The summed E-state index contributed by atoms with van der Waals surface area (Å²) in [6.45, 7) is 1.17. The second kappa shape index (κ2) is 9.28. The molecule has 0 spiro atoms. The number of benzene rings is 3. The summed E-state index contributed by atoms with van der Waals surface area (Å²) in [6.07, 6.45) is 0.987. The van der Waals surface area contributed by atoms with Crippen LogP contribution in [0, 0.1) is 0 Å². The minimum atomic E-state index is -0.507. The van der Waals surface area contributed by atoms with Gasteiger partial charge in [-0.25, -0.2) is 4.79 Å². The average Bonchev–Trinajstić information content (AvgIpc) is 3.46. The normalized spacial score (nSPS) is 16.9. The largest absolute Gasteiger partial charge is 0.448 e. The Bertz CT molecular complexity index is 1130. The Balaban J connectivity index is 1.22. The molecule has 1 aliphatic carbocycles. The highest BCUT2D eigenvalue weighted by Gasteiger charge is 2.36. The van der Waals surface area contributed by atoms with E-state index in [0.29, 0.717) is 24.5 Å². The molecule has 1 heterocycles. The van der Waals surface area contributed by atoms with Crippen LogP contribution in [0.4, 0.5) is 4.79 Å². The van der Waals surface area contributed by atoms with Gasteiger partial charge < -0.3 is 10.1 Å². The van der Waals surface area contributed by atoms with Crippen molar-refractivity contribution in [1.82, 2.24) is 10.2 Å². The van der Waals surface area contributed by atoms with E-state index in [2.05, 4.69) is 29.6 Å². The van der Waals surface area contributed by atoms with E-state index in [1.54, 1.807) is 17.0 Å². The summed E-state index contributed by atoms with van der Waals surface area (Å²) in [5.74, 6) is -0.155. The molecule has 5 nitrogen and oxygen atoms in total. The van der Waals surface area contributed by atoms with Gasteiger partial charge in [-0.15, -0.1) is 0 Å². The summed E-state index contributed by atoms with van der Waals surface area (Å²) in [7, 11) is 0. The Kier molecular flexibility index (Phi) is 6.05. The van der Waals surface area contributed by atoms with E-state index in [0.717, 1.165) is 12.0 Å². The summed E-state index contributed by atoms with van der Waals surface area (Å²) in [6, 6.07) is 23.3. The molecule has 33 heavy (non-hydrogen) atoms. The molecule has 2 amide bonds. The Morgan fingerprint density at radius 3 is 2.24 bits per heavy atom. The molecule has 5 rings (SSSR count). The van der Waals surface area contributed by atoms with E-state index in [4.69, 9.17) is 16.3 Å². The molecule has 1 atom stereocenters. The molecule has 0 aromatic heterocycles. The molecule has 1 fully saturated rings. The monoisotopic (exact) mass is 460 g/mol. The summed E-state index contributed by atoms with van der Waals surface area (Å²) in [5, 5.41) is 3.59. The van der Waals surface area contributed by atoms with Crippen LogP contribution >= 0.6 is 11.6 Å². The van der Waals surface area contributed by atoms with Gasteiger partial charge in [-0.3, -0.25) is 9.69 Å². The highest BCUT2D eigenvalue weighted by atomic mass is 35.5. The summed E-state index contributed by atoms with van der Waals surface area (Å²) in [5.41, 5.74) is 5.68. The molecule has 168 valence electrons. The minimum absolute atomic E-state index is 0.00105. The van der Waals surface area contributed by atoms with Crippen molar-refractivity contribution < 1.29 is 14.3 Å². The molecule has 1 unspecified atom stereocenters. The number of hydrogen-bond donors (Lipinski definition) is 1. The number of hydrogen-bond acceptors (Lipinski definition) is 3. The fourth-order valence-electron chi connectivity index (χ4n) is 4.84. The predicted octanol–water partition coefficient (Wildman–Crippen LogP) is 5.37. The molecule has 3 aromatic carbocycles. The maximum Gasteiger partial charge on any atom is 0.410 e. The van der Waals surface area contributed by atoms with Gasteiger partial charge in [0.1, 0.15) is 12.6 Å². The maximum absolute atomic E-state index is 13.0. The van der Waals surface area contributed by atoms with Crippen LogP contribution < -0.4 is 5.32 Å². The second-order valence-electron chi connectivity index (χ2n) is 8.50. The first kappa shape index (κ1) is 21.5. The lowest BCUT2D eigenvalue weighted by molar-refractivity contribution is -0.125. The van der Waals surface area contributed by atoms with E-state index >= 15 is 0 Å². The zero-order valence-corrected chi connectivity index (χ0v) is 18.9. The van der Waals surface area contributed by atoms with Gasteiger partial charge in [0.15, 0.2) is 0 Å². The van der Waals surface area contributed by atoms with Crippen LogP contribution in [-0.2, 0) is 16.1 Å². The molecule has 3 aromatic rings. The number of amides is 2. The number of nitrogens with zero attached hydrogens (tertiary/aromatic N) is 1. The van der Waals surface area contributed by atoms with Gasteiger partial charge in [0, 0.05) is 24.0 Å². The van der Waals surface area contributed by atoms with Crippen molar-refractivity contribution in [3.05, 3.63) is 94.5 Å². The van der Waals surface area contributed by atoms with Crippen molar-refractivity contribution >= 4 is 23.6 Å². The molecular weight excluding hydrogens is 436 g/mol. The van der Waals surface area contributed by atoms with E-state index in [-0.39, 0.29) is 18.4 Å². The Labute approximate surface area is 198 Å². The van der Waals surface area contributed by atoms with Crippen molar-refractivity contribution in [3.8, 4) is 11.1 Å². The van der Waals surface area contributed by atoms with Crippen molar-refractivity contribution in [2.75, 3.05) is 13.2 Å². The van der Waals surface area contributed by atoms with Gasteiger partial charge >= 0.3 is 6.09 Å². The molecule has 0 bridgehead atoms. The van der Waals surface area contributed by atoms with E-state index < -0.39 is 12.1 Å². The standard InChI is InChI=1S/C27H25ClN2O3/c28-19-13-11-18(12-14-19)16-29-26(31)25-10-5-15-30(25)27(32)33-17-24-22-8-3-1-6-20(22)21-7-2-4-9-23(21)24/h1-4,6-9,11-14,24-25H,5,10,15-17H2,(H,29,31). The smallest absolute Gasteiger partial charge is 0.410 e. The number of ether oxygens (including phenoxy) is 1. The Morgan fingerprint density at radius 2 is 1.58 bits per heavy atom. The summed E-state index contributed by atoms with van der Waals surface area (Å²) in [4.78, 5) is 27.3. The Morgan fingerprint density at radius 1 is 0.939 bits per heavy atom. The van der Waals surface area contributed by atoms with Crippen LogP contribution in [0.2, 0.25) is 5.02 Å². The van der Waals surface area contributed by atoms with Gasteiger partial charge in [0.05, 0.1) is 0 Å². The average molecular weight is 461 g/mol. The third kappa shape index (κ3) is 4.33. The third-order valence-corrected chi connectivity index (χ3v) is 6.76. The molecule has 0 saturated carbocycles. The second-order valence-corrected chi connectivity index (χ2v) is 8.94. The van der Waals surface area contributed by atoms with Crippen molar-refractivity contribution in [2.45, 2.75) is 31.3 Å². The SMILES string of the molecule is O=C(NCc1ccc(Cl)cc1)C1CCCN1C(=O)OCC1c2ccccc2-c2ccccc21. The Hall–Kier alpha value is -3.31. The number of nitrogens with one attached hydrogen (secondary N) is 1. The quantitative estimate of drug-likeness (QED) is 0.556. The first-order valence-electron chi connectivity index (χ1n) is 11.3. The predicted molar refractivity (Wildman–Crippen MR) is 128 cm³/mol. The van der Waals surface area contributed by atoms with E-state index in [9.17, 15) is 9.59 Å².